The highest BCUT2D eigenvalue weighted by atomic mass is 16.5. The number of rotatable bonds is 7. The fourth-order valence-corrected chi connectivity index (χ4v) is 2.75. The van der Waals surface area contributed by atoms with Crippen LogP contribution in [0.1, 0.15) is 57.1 Å². The average Bonchev–Trinajstić information content (AvgIpc) is 2.47. The highest BCUT2D eigenvalue weighted by molar-refractivity contribution is 5.22. The summed E-state index contributed by atoms with van der Waals surface area (Å²) < 4.78 is 6.01. The van der Waals surface area contributed by atoms with Crippen molar-refractivity contribution in [3.8, 4) is 0 Å². The Morgan fingerprint density at radius 2 is 1.70 bits per heavy atom. The lowest BCUT2D eigenvalue weighted by Gasteiger charge is -2.22. The van der Waals surface area contributed by atoms with E-state index in [1.807, 2.05) is 0 Å². The van der Waals surface area contributed by atoms with Crippen molar-refractivity contribution in [3.63, 3.8) is 0 Å². The van der Waals surface area contributed by atoms with Crippen LogP contribution >= 0.6 is 0 Å². The molecule has 0 bridgehead atoms. The van der Waals surface area contributed by atoms with Gasteiger partial charge >= 0.3 is 0 Å². The van der Waals surface area contributed by atoms with Gasteiger partial charge in [0, 0.05) is 6.04 Å². The van der Waals surface area contributed by atoms with Gasteiger partial charge in [-0.1, -0.05) is 57.4 Å². The first-order valence-electron chi connectivity index (χ1n) is 8.17. The molecule has 2 heteroatoms. The molecular formula is C18H29NO. The first kappa shape index (κ1) is 15.5. The third-order valence-electron chi connectivity index (χ3n) is 4.03. The predicted octanol–water partition coefficient (Wildman–Crippen LogP) is 4.08. The Bertz CT molecular complexity index is 366. The molecule has 0 unspecified atom stereocenters. The van der Waals surface area contributed by atoms with Gasteiger partial charge in [0.2, 0.25) is 0 Å². The zero-order valence-corrected chi connectivity index (χ0v) is 13.0. The lowest BCUT2D eigenvalue weighted by Crippen LogP contribution is -2.24. The van der Waals surface area contributed by atoms with Crippen molar-refractivity contribution in [3.05, 3.63) is 35.4 Å². The molecule has 1 saturated carbocycles. The van der Waals surface area contributed by atoms with Crippen molar-refractivity contribution in [2.24, 2.45) is 0 Å². The normalized spacial score (nSPS) is 16.8. The first-order valence-corrected chi connectivity index (χ1v) is 8.17. The van der Waals surface area contributed by atoms with E-state index in [1.54, 1.807) is 0 Å². The lowest BCUT2D eigenvalue weighted by atomic mass is 9.98. The van der Waals surface area contributed by atoms with E-state index in [9.17, 15) is 0 Å². The molecule has 1 fully saturated rings. The van der Waals surface area contributed by atoms with E-state index < -0.39 is 0 Å². The molecule has 1 N–H and O–H groups in total. The maximum atomic E-state index is 6.01. The molecule has 2 rings (SSSR count). The Labute approximate surface area is 123 Å². The second-order valence-electron chi connectivity index (χ2n) is 6.25. The van der Waals surface area contributed by atoms with E-state index >= 15 is 0 Å². The highest BCUT2D eigenvalue weighted by Gasteiger charge is 2.13. The summed E-state index contributed by atoms with van der Waals surface area (Å²) in [6.45, 7) is 6.20. The largest absolute Gasteiger partial charge is 0.374 e. The molecule has 1 aliphatic carbocycles. The van der Waals surface area contributed by atoms with Gasteiger partial charge in [0.05, 0.1) is 12.7 Å². The summed E-state index contributed by atoms with van der Waals surface area (Å²) in [6, 6.07) is 9.47. The Hall–Kier alpha value is -0.860. The fourth-order valence-electron chi connectivity index (χ4n) is 2.75. The molecule has 0 aliphatic heterocycles. The van der Waals surface area contributed by atoms with Gasteiger partial charge < -0.3 is 10.1 Å². The molecule has 0 saturated heterocycles. The van der Waals surface area contributed by atoms with Crippen LogP contribution in [0.3, 0.4) is 0 Å². The second-order valence-corrected chi connectivity index (χ2v) is 6.25. The van der Waals surface area contributed by atoms with Crippen molar-refractivity contribution in [2.75, 3.05) is 6.54 Å². The van der Waals surface area contributed by atoms with Gasteiger partial charge in [-0.15, -0.1) is 0 Å². The molecule has 0 aromatic heterocycles. The lowest BCUT2D eigenvalue weighted by molar-refractivity contribution is 0.0169. The van der Waals surface area contributed by atoms with E-state index in [2.05, 4.69) is 43.4 Å². The van der Waals surface area contributed by atoms with Gasteiger partial charge in [0.15, 0.2) is 0 Å². The van der Waals surface area contributed by atoms with E-state index in [-0.39, 0.29) is 0 Å². The minimum atomic E-state index is 0.499. The van der Waals surface area contributed by atoms with E-state index in [0.717, 1.165) is 19.6 Å². The topological polar surface area (TPSA) is 21.3 Å². The molecule has 20 heavy (non-hydrogen) atoms. The van der Waals surface area contributed by atoms with Crippen LogP contribution in [-0.2, 0) is 17.8 Å². The minimum absolute atomic E-state index is 0.499. The highest BCUT2D eigenvalue weighted by Crippen LogP contribution is 2.21. The Morgan fingerprint density at radius 1 is 1.05 bits per heavy atom. The monoisotopic (exact) mass is 275 g/mol. The zero-order chi connectivity index (χ0) is 14.2. The fraction of sp³-hybridized carbons (Fsp3) is 0.667. The standard InChI is InChI=1S/C18H29NO/c1-15(2)19-13-12-16-8-10-17(11-9-16)14-20-18-6-4-3-5-7-18/h8-11,15,18-19H,3-7,12-14H2,1-2H3. The van der Waals surface area contributed by atoms with Crippen molar-refractivity contribution in [1.29, 1.82) is 0 Å². The summed E-state index contributed by atoms with van der Waals surface area (Å²) in [5, 5.41) is 3.45. The predicted molar refractivity (Wildman–Crippen MR) is 84.9 cm³/mol. The summed E-state index contributed by atoms with van der Waals surface area (Å²) in [5.41, 5.74) is 2.70. The summed E-state index contributed by atoms with van der Waals surface area (Å²) >= 11 is 0. The van der Waals surface area contributed by atoms with Crippen LogP contribution in [0.15, 0.2) is 24.3 Å². The van der Waals surface area contributed by atoms with Gasteiger partial charge in [-0.25, -0.2) is 0 Å². The van der Waals surface area contributed by atoms with Crippen LogP contribution in [0.2, 0.25) is 0 Å². The number of nitrogens with one attached hydrogen (secondary N) is 1. The van der Waals surface area contributed by atoms with E-state index in [4.69, 9.17) is 4.74 Å². The van der Waals surface area contributed by atoms with Crippen molar-refractivity contribution in [2.45, 2.75) is 71.1 Å². The second kappa shape index (κ2) is 8.43. The van der Waals surface area contributed by atoms with Crippen LogP contribution < -0.4 is 5.32 Å². The van der Waals surface area contributed by atoms with Crippen molar-refractivity contribution < 1.29 is 4.74 Å². The molecule has 0 amide bonds. The van der Waals surface area contributed by atoms with Crippen LogP contribution in [-0.4, -0.2) is 18.7 Å². The number of hydrogen-bond donors (Lipinski definition) is 1. The number of benzene rings is 1. The third-order valence-corrected chi connectivity index (χ3v) is 4.03. The number of hydrogen-bond acceptors (Lipinski definition) is 2. The molecular weight excluding hydrogens is 246 g/mol. The molecule has 0 spiro atoms. The maximum absolute atomic E-state index is 6.01. The Balaban J connectivity index is 1.70. The third kappa shape index (κ3) is 5.64. The molecule has 0 atom stereocenters. The van der Waals surface area contributed by atoms with Crippen molar-refractivity contribution >= 4 is 0 Å². The molecule has 0 heterocycles. The molecule has 1 aromatic carbocycles. The minimum Gasteiger partial charge on any atom is -0.374 e. The average molecular weight is 275 g/mol. The van der Waals surface area contributed by atoms with E-state index in [0.29, 0.717) is 12.1 Å². The Kier molecular flexibility index (Phi) is 6.55. The molecule has 1 aliphatic rings. The van der Waals surface area contributed by atoms with Crippen LogP contribution in [0.5, 0.6) is 0 Å². The van der Waals surface area contributed by atoms with Crippen LogP contribution in [0.25, 0.3) is 0 Å². The summed E-state index contributed by atoms with van der Waals surface area (Å²) in [6.07, 6.45) is 8.16. The van der Waals surface area contributed by atoms with Crippen LogP contribution in [0.4, 0.5) is 0 Å². The van der Waals surface area contributed by atoms with Gasteiger partial charge in [-0.05, 0) is 36.9 Å². The maximum Gasteiger partial charge on any atom is 0.0720 e. The van der Waals surface area contributed by atoms with Crippen molar-refractivity contribution in [1.82, 2.24) is 5.32 Å². The Morgan fingerprint density at radius 3 is 2.35 bits per heavy atom. The SMILES string of the molecule is CC(C)NCCc1ccc(COC2CCCCC2)cc1. The van der Waals surface area contributed by atoms with E-state index in [1.165, 1.54) is 43.2 Å². The summed E-state index contributed by atoms with van der Waals surface area (Å²) in [7, 11) is 0. The van der Waals surface area contributed by atoms with Gasteiger partial charge in [0.25, 0.3) is 0 Å². The van der Waals surface area contributed by atoms with Gasteiger partial charge in [0.1, 0.15) is 0 Å². The first-order chi connectivity index (χ1) is 9.74. The number of ether oxygens (including phenoxy) is 1. The smallest absolute Gasteiger partial charge is 0.0720 e. The summed E-state index contributed by atoms with van der Waals surface area (Å²) in [5.74, 6) is 0. The van der Waals surface area contributed by atoms with Crippen LogP contribution in [0, 0.1) is 0 Å². The van der Waals surface area contributed by atoms with Gasteiger partial charge in [-0.3, -0.25) is 0 Å². The van der Waals surface area contributed by atoms with Gasteiger partial charge in [-0.2, -0.15) is 0 Å². The quantitative estimate of drug-likeness (QED) is 0.809. The molecule has 0 radical (unpaired) electrons. The zero-order valence-electron chi connectivity index (χ0n) is 13.0. The molecule has 2 nitrogen and oxygen atoms in total. The summed E-state index contributed by atoms with van der Waals surface area (Å²) in [4.78, 5) is 0. The molecule has 112 valence electrons. The molecule has 1 aromatic rings.